The normalized spacial score (nSPS) is 11.3. The zero-order chi connectivity index (χ0) is 19.1. The van der Waals surface area contributed by atoms with Crippen LogP contribution in [0.25, 0.3) is 11.8 Å². The summed E-state index contributed by atoms with van der Waals surface area (Å²) >= 11 is 0. The molecule has 0 saturated heterocycles. The summed E-state index contributed by atoms with van der Waals surface area (Å²) in [5.41, 5.74) is 2.08. The van der Waals surface area contributed by atoms with Gasteiger partial charge in [-0.2, -0.15) is 0 Å². The van der Waals surface area contributed by atoms with Crippen LogP contribution in [-0.2, 0) is 4.79 Å². The van der Waals surface area contributed by atoms with Crippen molar-refractivity contribution in [2.45, 2.75) is 19.8 Å². The van der Waals surface area contributed by atoms with Crippen LogP contribution in [0.5, 0.6) is 0 Å². The highest BCUT2D eigenvalue weighted by Gasteiger charge is 2.17. The molecule has 0 aliphatic carbocycles. The lowest BCUT2D eigenvalue weighted by Crippen LogP contribution is -2.33. The van der Waals surface area contributed by atoms with E-state index in [1.54, 1.807) is 36.4 Å². The number of pyridine rings is 1. The fourth-order valence-corrected chi connectivity index (χ4v) is 2.58. The first kappa shape index (κ1) is 19.5. The van der Waals surface area contributed by atoms with Gasteiger partial charge in [0.1, 0.15) is 5.70 Å². The molecule has 1 amide bonds. The molecule has 26 heavy (non-hydrogen) atoms. The summed E-state index contributed by atoms with van der Waals surface area (Å²) in [6, 6.07) is 12.8. The van der Waals surface area contributed by atoms with E-state index in [0.29, 0.717) is 12.2 Å². The Morgan fingerprint density at radius 1 is 1.08 bits per heavy atom. The number of hydrogen-bond donors (Lipinski definition) is 0. The molecule has 5 heteroatoms. The molecule has 2 aromatic rings. The van der Waals surface area contributed by atoms with Gasteiger partial charge in [-0.1, -0.05) is 31.5 Å². The Morgan fingerprint density at radius 3 is 2.35 bits per heavy atom. The van der Waals surface area contributed by atoms with Crippen molar-refractivity contribution in [1.29, 1.82) is 0 Å². The van der Waals surface area contributed by atoms with Crippen molar-refractivity contribution >= 4 is 23.4 Å². The fraction of sp³-hybridized carbons (Fsp3) is 0.333. The van der Waals surface area contributed by atoms with E-state index in [0.717, 1.165) is 24.1 Å². The lowest BCUT2D eigenvalue weighted by Gasteiger charge is -2.20. The molecule has 0 bridgehead atoms. The van der Waals surface area contributed by atoms with E-state index >= 15 is 0 Å². The van der Waals surface area contributed by atoms with Gasteiger partial charge in [0, 0.05) is 45.6 Å². The number of nitrogens with zero attached hydrogens (tertiary/aromatic N) is 3. The van der Waals surface area contributed by atoms with Crippen LogP contribution in [-0.4, -0.2) is 43.1 Å². The highest BCUT2D eigenvalue weighted by atomic mass is 16.2. The third-order valence-corrected chi connectivity index (χ3v) is 4.21. The lowest BCUT2D eigenvalue weighted by molar-refractivity contribution is -0.124. The zero-order valence-electron chi connectivity index (χ0n) is 16.0. The van der Waals surface area contributed by atoms with Gasteiger partial charge in [0.25, 0.3) is 11.5 Å². The van der Waals surface area contributed by atoms with Crippen molar-refractivity contribution in [3.05, 3.63) is 64.6 Å². The number of benzene rings is 1. The van der Waals surface area contributed by atoms with Crippen molar-refractivity contribution in [1.82, 2.24) is 9.47 Å². The molecule has 0 unspecified atom stereocenters. The SMILES string of the molecule is CCCCN(C)C(=O)/C(=C\c1ccc(N(C)C)cc1)n1ccccc1=O. The smallest absolute Gasteiger partial charge is 0.270 e. The average Bonchev–Trinajstić information content (AvgIpc) is 2.64. The number of unbranched alkanes of at least 4 members (excludes halogenated alkanes) is 1. The maximum absolute atomic E-state index is 13.0. The molecule has 5 nitrogen and oxygen atoms in total. The number of carbonyl (C=O) groups is 1. The maximum Gasteiger partial charge on any atom is 0.270 e. The molecule has 2 rings (SSSR count). The van der Waals surface area contributed by atoms with E-state index in [2.05, 4.69) is 6.92 Å². The van der Waals surface area contributed by atoms with Crippen LogP contribution in [0.1, 0.15) is 25.3 Å². The Kier molecular flexibility index (Phi) is 6.78. The van der Waals surface area contributed by atoms with Gasteiger partial charge in [-0.25, -0.2) is 0 Å². The summed E-state index contributed by atoms with van der Waals surface area (Å²) in [5.74, 6) is -0.163. The summed E-state index contributed by atoms with van der Waals surface area (Å²) < 4.78 is 1.41. The summed E-state index contributed by atoms with van der Waals surface area (Å²) in [6.45, 7) is 2.75. The van der Waals surface area contributed by atoms with E-state index in [-0.39, 0.29) is 11.5 Å². The van der Waals surface area contributed by atoms with Crippen LogP contribution in [0.15, 0.2) is 53.5 Å². The topological polar surface area (TPSA) is 45.6 Å². The molecule has 1 heterocycles. The highest BCUT2D eigenvalue weighted by Crippen LogP contribution is 2.17. The number of carbonyl (C=O) groups excluding carboxylic acids is 1. The Hall–Kier alpha value is -2.82. The summed E-state index contributed by atoms with van der Waals surface area (Å²) in [7, 11) is 5.73. The molecule has 0 N–H and O–H groups in total. The van der Waals surface area contributed by atoms with Crippen LogP contribution in [0.4, 0.5) is 5.69 Å². The van der Waals surface area contributed by atoms with Crippen LogP contribution >= 0.6 is 0 Å². The largest absolute Gasteiger partial charge is 0.378 e. The predicted octanol–water partition coefficient (Wildman–Crippen LogP) is 3.17. The van der Waals surface area contributed by atoms with Crippen LogP contribution in [0.3, 0.4) is 0 Å². The Morgan fingerprint density at radius 2 is 1.77 bits per heavy atom. The fourth-order valence-electron chi connectivity index (χ4n) is 2.58. The molecule has 138 valence electrons. The second-order valence-corrected chi connectivity index (χ2v) is 6.50. The van der Waals surface area contributed by atoms with Gasteiger partial charge in [-0.3, -0.25) is 14.2 Å². The van der Waals surface area contributed by atoms with Gasteiger partial charge in [0.15, 0.2) is 0 Å². The summed E-state index contributed by atoms with van der Waals surface area (Å²) in [4.78, 5) is 28.9. The quantitative estimate of drug-likeness (QED) is 0.718. The van der Waals surface area contributed by atoms with E-state index in [9.17, 15) is 9.59 Å². The van der Waals surface area contributed by atoms with Crippen molar-refractivity contribution in [3.63, 3.8) is 0 Å². The Labute approximate surface area is 155 Å². The van der Waals surface area contributed by atoms with Gasteiger partial charge in [0.05, 0.1) is 0 Å². The molecule has 0 aliphatic heterocycles. The van der Waals surface area contributed by atoms with Gasteiger partial charge < -0.3 is 9.80 Å². The van der Waals surface area contributed by atoms with Crippen molar-refractivity contribution < 1.29 is 4.79 Å². The first-order chi connectivity index (χ1) is 12.4. The third-order valence-electron chi connectivity index (χ3n) is 4.21. The minimum absolute atomic E-state index is 0.163. The number of hydrogen-bond acceptors (Lipinski definition) is 3. The predicted molar refractivity (Wildman–Crippen MR) is 108 cm³/mol. The molecule has 0 saturated carbocycles. The maximum atomic E-state index is 13.0. The molecular formula is C21H27N3O2. The number of aromatic nitrogens is 1. The molecular weight excluding hydrogens is 326 g/mol. The van der Waals surface area contributed by atoms with Crippen molar-refractivity contribution in [3.8, 4) is 0 Å². The second-order valence-electron chi connectivity index (χ2n) is 6.50. The van der Waals surface area contributed by atoms with E-state index in [1.807, 2.05) is 43.3 Å². The monoisotopic (exact) mass is 353 g/mol. The zero-order valence-corrected chi connectivity index (χ0v) is 16.0. The summed E-state index contributed by atoms with van der Waals surface area (Å²) in [5, 5.41) is 0. The minimum Gasteiger partial charge on any atom is -0.378 e. The van der Waals surface area contributed by atoms with Gasteiger partial charge in [0.2, 0.25) is 0 Å². The molecule has 0 radical (unpaired) electrons. The van der Waals surface area contributed by atoms with Gasteiger partial charge >= 0.3 is 0 Å². The Bertz CT molecular complexity index is 820. The van der Waals surface area contributed by atoms with Gasteiger partial charge in [-0.05, 0) is 36.3 Å². The number of anilines is 1. The van der Waals surface area contributed by atoms with Crippen molar-refractivity contribution in [2.24, 2.45) is 0 Å². The van der Waals surface area contributed by atoms with Crippen LogP contribution < -0.4 is 10.5 Å². The molecule has 0 spiro atoms. The number of rotatable bonds is 7. The molecule has 1 aromatic heterocycles. The molecule has 0 aliphatic rings. The first-order valence-corrected chi connectivity index (χ1v) is 8.86. The minimum atomic E-state index is -0.221. The second kappa shape index (κ2) is 9.04. The lowest BCUT2D eigenvalue weighted by atomic mass is 10.1. The van der Waals surface area contributed by atoms with Crippen molar-refractivity contribution in [2.75, 3.05) is 32.6 Å². The molecule has 1 aromatic carbocycles. The standard InChI is InChI=1S/C21H27N3O2/c1-5-6-14-23(4)21(26)19(24-15-8-7-9-20(24)25)16-17-10-12-18(13-11-17)22(2)3/h7-13,15-16H,5-6,14H2,1-4H3/b19-16+. The van der Waals surface area contributed by atoms with E-state index in [1.165, 1.54) is 10.6 Å². The van der Waals surface area contributed by atoms with E-state index < -0.39 is 0 Å². The highest BCUT2D eigenvalue weighted by molar-refractivity contribution is 6.18. The summed E-state index contributed by atoms with van der Waals surface area (Å²) in [6.07, 6.45) is 5.34. The van der Waals surface area contributed by atoms with E-state index in [4.69, 9.17) is 0 Å². The Balaban J connectivity index is 2.45. The van der Waals surface area contributed by atoms with Gasteiger partial charge in [-0.15, -0.1) is 0 Å². The number of likely N-dealkylation sites (N-methyl/N-ethyl adjacent to an activating group) is 1. The average molecular weight is 353 g/mol. The van der Waals surface area contributed by atoms with Crippen LogP contribution in [0, 0.1) is 0 Å². The number of amides is 1. The first-order valence-electron chi connectivity index (χ1n) is 8.86. The van der Waals surface area contributed by atoms with Crippen LogP contribution in [0.2, 0.25) is 0 Å². The molecule has 0 atom stereocenters. The third kappa shape index (κ3) is 4.85. The molecule has 0 fully saturated rings.